The summed E-state index contributed by atoms with van der Waals surface area (Å²) in [6.07, 6.45) is 6.08. The maximum atomic E-state index is 10.2. The van der Waals surface area contributed by atoms with Gasteiger partial charge in [-0.3, -0.25) is 0 Å². The van der Waals surface area contributed by atoms with E-state index in [-0.39, 0.29) is 114 Å². The fraction of sp³-hybridized carbons (Fsp3) is 0.631. The van der Waals surface area contributed by atoms with Crippen LogP contribution in [0.3, 0.4) is 0 Å². The molecule has 3 N–H and O–H groups in total. The lowest BCUT2D eigenvalue weighted by Gasteiger charge is -2.36. The average molecular weight is 1240 g/mol. The summed E-state index contributed by atoms with van der Waals surface area (Å²) in [5.74, 6) is -0.495. The Bertz CT molecular complexity index is 2420. The van der Waals surface area contributed by atoms with Gasteiger partial charge in [-0.2, -0.15) is 0 Å². The molecule has 0 radical (unpaired) electrons. The normalized spacial score (nSPS) is 41.4. The van der Waals surface area contributed by atoms with Gasteiger partial charge in [0.15, 0.2) is 11.6 Å². The largest absolute Gasteiger partial charge is 0.392 e. The lowest BCUT2D eigenvalue weighted by molar-refractivity contribution is -0.151. The van der Waals surface area contributed by atoms with Crippen LogP contribution in [0.25, 0.3) is 0 Å². The number of hydrogen-bond donors (Lipinski definition) is 3. The maximum Gasteiger partial charge on any atom is 0.163 e. The van der Waals surface area contributed by atoms with Gasteiger partial charge in [-0.1, -0.05) is 128 Å². The molecule has 1 unspecified atom stereocenters. The molecule has 0 saturated carbocycles. The lowest BCUT2D eigenvalue weighted by atomic mass is 9.99. The molecule has 0 aromatic heterocycles. The second-order valence-electron chi connectivity index (χ2n) is 25.6. The first kappa shape index (κ1) is 64.0. The highest BCUT2D eigenvalue weighted by molar-refractivity contribution is 7.63. The predicted molar refractivity (Wildman–Crippen MR) is 344 cm³/mol. The number of aliphatic hydroxyl groups is 3. The standard InChI is InChI=1S/C38H44O4P2.C16H28O4P2.C11H22O3P2/c1-43-27-33(39-23-29-15-7-3-8-16-29)35(41-25-31-19-11-5-12-20-31)37(43)38-36(42-26-32-21-13-6-14-22-32)34(28-44(38)2)40-24-30-17-9-4-10-18-30;1-15(2)17-9-7-21(5)13(11(9)19-15)14-12-10(8-22(14)6)18-16(3,4)20-12;1-6-4-15(2)10(8(6)13)11-9(14)7(12)5-16(11)3/h3-22,33-38H,23-28H2,1-2H3;9-14H,7-8H2,1-6H3;6-14H,4-5H2,1-3H3/t33-,34-,35+,36?,37-,38-,43+,44+;9-,10-,11+,12+,13-,14-,21-,22+;6-,7-,8+,9+,10-,11-,15-,16+/m111/s1. The minimum Gasteiger partial charge on any atom is -0.392 e. The van der Waals surface area contributed by atoms with Crippen LogP contribution in [-0.2, 0) is 64.3 Å². The van der Waals surface area contributed by atoms with Crippen molar-refractivity contribution >= 4 is 47.5 Å². The molecule has 0 spiro atoms. The van der Waals surface area contributed by atoms with Crippen molar-refractivity contribution in [3.63, 3.8) is 0 Å². The SMILES string of the molecule is C[C@@H]1C[P@@](C)[C@@H]([C@H]2[C@@H](O)[C@H](O)C[P@]2C)[C@H]1O.C[P@@]1C[C@@H](OCc2ccccc2)[C@H](OCc2ccccc2)[C@@H]1[C@H]1C(OCc2ccccc2)[C@H](OCc2ccccc2)C[P@]1C.C[P@]1C[C@H]2OC(C)(C)O[C@@H]2[C@@H]1[C@H]1[C@H]2OC(C)(C)O[C@@H]2C[P@]1C. The molecule has 8 fully saturated rings. The Morgan fingerprint density at radius 3 is 1.04 bits per heavy atom. The first-order chi connectivity index (χ1) is 39.3. The van der Waals surface area contributed by atoms with Crippen LogP contribution < -0.4 is 0 Å². The lowest BCUT2D eigenvalue weighted by Crippen LogP contribution is -2.46. The molecule has 24 atom stereocenters. The summed E-state index contributed by atoms with van der Waals surface area (Å²) in [4.78, 5) is 0. The highest BCUT2D eigenvalue weighted by Crippen LogP contribution is 2.66. The Labute approximate surface area is 498 Å². The van der Waals surface area contributed by atoms with Crippen molar-refractivity contribution < 1.29 is 53.2 Å². The minimum absolute atomic E-state index is 0.0145. The van der Waals surface area contributed by atoms with Crippen molar-refractivity contribution in [2.75, 3.05) is 77.0 Å². The summed E-state index contributed by atoms with van der Waals surface area (Å²) >= 11 is 0. The van der Waals surface area contributed by atoms with Crippen LogP contribution in [0.1, 0.15) is 56.9 Å². The highest BCUT2D eigenvalue weighted by atomic mass is 31.1. The highest BCUT2D eigenvalue weighted by Gasteiger charge is 2.62. The van der Waals surface area contributed by atoms with Gasteiger partial charge in [0.2, 0.25) is 0 Å². The third-order valence-electron chi connectivity index (χ3n) is 18.4. The van der Waals surface area contributed by atoms with E-state index in [4.69, 9.17) is 37.9 Å². The van der Waals surface area contributed by atoms with Gasteiger partial charge in [-0.05, 0) is 133 Å². The summed E-state index contributed by atoms with van der Waals surface area (Å²) in [5.41, 5.74) is 7.18. The molecule has 4 aromatic carbocycles. The molecule has 11 nitrogen and oxygen atoms in total. The van der Waals surface area contributed by atoms with Crippen LogP contribution >= 0.6 is 47.5 Å². The molecule has 8 aliphatic heterocycles. The molecular formula is C65H94O11P6. The van der Waals surface area contributed by atoms with Crippen molar-refractivity contribution in [3.05, 3.63) is 144 Å². The van der Waals surface area contributed by atoms with E-state index in [9.17, 15) is 15.3 Å². The predicted octanol–water partition coefficient (Wildman–Crippen LogP) is 12.0. The quantitative estimate of drug-likeness (QED) is 0.0982. The summed E-state index contributed by atoms with van der Waals surface area (Å²) in [7, 11) is -1.34. The van der Waals surface area contributed by atoms with Crippen molar-refractivity contribution in [3.8, 4) is 0 Å². The smallest absolute Gasteiger partial charge is 0.163 e. The van der Waals surface area contributed by atoms with Crippen LogP contribution in [-0.4, -0.2) is 205 Å². The van der Waals surface area contributed by atoms with E-state index in [1.807, 2.05) is 27.7 Å². The molecule has 450 valence electrons. The topological polar surface area (TPSA) is 135 Å². The van der Waals surface area contributed by atoms with E-state index in [0.717, 1.165) is 24.6 Å². The second kappa shape index (κ2) is 28.2. The van der Waals surface area contributed by atoms with Crippen molar-refractivity contribution in [2.45, 2.75) is 174 Å². The summed E-state index contributed by atoms with van der Waals surface area (Å²) in [6.45, 7) is 26.8. The van der Waals surface area contributed by atoms with Gasteiger partial charge in [0.05, 0.1) is 93.6 Å². The molecule has 12 rings (SSSR count). The first-order valence-corrected chi connectivity index (χ1v) is 42.1. The van der Waals surface area contributed by atoms with Crippen LogP contribution in [0.4, 0.5) is 0 Å². The fourth-order valence-electron chi connectivity index (χ4n) is 14.7. The molecule has 8 saturated heterocycles. The molecule has 8 aliphatic rings. The minimum atomic E-state index is -0.606. The molecule has 0 amide bonds. The number of aliphatic hydroxyl groups excluding tert-OH is 3. The van der Waals surface area contributed by atoms with E-state index >= 15 is 0 Å². The molecule has 0 bridgehead atoms. The zero-order valence-corrected chi connectivity index (χ0v) is 55.7. The van der Waals surface area contributed by atoms with Gasteiger partial charge in [0.25, 0.3) is 0 Å². The number of benzene rings is 4. The molecule has 8 heterocycles. The third kappa shape index (κ3) is 15.0. The van der Waals surface area contributed by atoms with Crippen molar-refractivity contribution in [1.29, 1.82) is 0 Å². The van der Waals surface area contributed by atoms with Gasteiger partial charge in [0.1, 0.15) is 0 Å². The Morgan fingerprint density at radius 2 is 0.707 bits per heavy atom. The fourth-order valence-corrected chi connectivity index (χ4v) is 34.4. The number of fused-ring (bicyclic) bond motifs is 2. The van der Waals surface area contributed by atoms with Crippen LogP contribution in [0.2, 0.25) is 0 Å². The van der Waals surface area contributed by atoms with Crippen LogP contribution in [0.15, 0.2) is 121 Å². The second-order valence-corrected chi connectivity index (χ2v) is 40.4. The van der Waals surface area contributed by atoms with Gasteiger partial charge in [-0.25, -0.2) is 0 Å². The van der Waals surface area contributed by atoms with Gasteiger partial charge in [0, 0.05) is 34.0 Å². The van der Waals surface area contributed by atoms with Crippen molar-refractivity contribution in [1.82, 2.24) is 0 Å². The van der Waals surface area contributed by atoms with E-state index in [1.165, 1.54) is 34.6 Å². The van der Waals surface area contributed by atoms with Gasteiger partial charge >= 0.3 is 0 Å². The van der Waals surface area contributed by atoms with E-state index < -0.39 is 23.8 Å². The zero-order valence-electron chi connectivity index (χ0n) is 50.3. The van der Waals surface area contributed by atoms with Gasteiger partial charge < -0.3 is 53.2 Å². The van der Waals surface area contributed by atoms with Crippen LogP contribution in [0.5, 0.6) is 0 Å². The van der Waals surface area contributed by atoms with E-state index in [2.05, 4.69) is 168 Å². The van der Waals surface area contributed by atoms with Gasteiger partial charge in [-0.15, -0.1) is 47.5 Å². The van der Waals surface area contributed by atoms with Crippen molar-refractivity contribution in [2.24, 2.45) is 5.92 Å². The molecular weight excluding hydrogens is 1140 g/mol. The third-order valence-corrected chi connectivity index (χ3v) is 34.8. The van der Waals surface area contributed by atoms with E-state index in [0.29, 0.717) is 55.0 Å². The summed E-state index contributed by atoms with van der Waals surface area (Å²) in [5, 5.41) is 30.0. The molecule has 0 aliphatic carbocycles. The van der Waals surface area contributed by atoms with Crippen LogP contribution in [0, 0.1) is 5.92 Å². The summed E-state index contributed by atoms with van der Waals surface area (Å²) in [6, 6.07) is 42.1. The number of hydrogen-bond acceptors (Lipinski definition) is 11. The first-order valence-electron chi connectivity index (χ1n) is 29.8. The Morgan fingerprint density at radius 1 is 0.390 bits per heavy atom. The zero-order chi connectivity index (χ0) is 58.0. The summed E-state index contributed by atoms with van der Waals surface area (Å²) < 4.78 is 52.2. The number of ether oxygens (including phenoxy) is 8. The molecule has 17 heteroatoms. The Balaban J connectivity index is 0.000000162. The Kier molecular flexibility index (Phi) is 22.0. The monoisotopic (exact) mass is 1240 g/mol. The number of rotatable bonds is 15. The average Bonchev–Trinajstić information content (AvgIpc) is 4.10. The Hall–Kier alpha value is -0.980. The maximum absolute atomic E-state index is 10.2. The van der Waals surface area contributed by atoms with E-state index in [1.54, 1.807) is 0 Å². The molecule has 82 heavy (non-hydrogen) atoms. The molecule has 4 aromatic rings.